The second kappa shape index (κ2) is 4.81. The Morgan fingerprint density at radius 1 is 1.47 bits per heavy atom. The van der Waals surface area contributed by atoms with E-state index in [9.17, 15) is 8.42 Å². The van der Waals surface area contributed by atoms with Crippen LogP contribution in [0.2, 0.25) is 5.02 Å². The molecular formula is C11H12ClN3O2S2. The molecular weight excluding hydrogens is 306 g/mol. The summed E-state index contributed by atoms with van der Waals surface area (Å²) >= 11 is 7.09. The molecule has 2 aromatic heterocycles. The van der Waals surface area contributed by atoms with Gasteiger partial charge in [-0.2, -0.15) is 5.10 Å². The summed E-state index contributed by atoms with van der Waals surface area (Å²) in [7, 11) is -3.65. The third-order valence-electron chi connectivity index (χ3n) is 2.89. The van der Waals surface area contributed by atoms with E-state index in [2.05, 4.69) is 9.82 Å². The summed E-state index contributed by atoms with van der Waals surface area (Å²) in [6, 6.07) is 1.65. The molecule has 5 nitrogen and oxygen atoms in total. The zero-order valence-corrected chi connectivity index (χ0v) is 12.3. The SMILES string of the molecule is O=S(=O)(Nc1ccn(CC2CC2)n1)c1cscc1Cl. The number of rotatable bonds is 5. The molecule has 19 heavy (non-hydrogen) atoms. The maximum absolute atomic E-state index is 12.1. The lowest BCUT2D eigenvalue weighted by atomic mass is 10.4. The average molecular weight is 318 g/mol. The number of hydrogen-bond donors (Lipinski definition) is 1. The number of hydrogen-bond acceptors (Lipinski definition) is 4. The molecule has 1 saturated carbocycles. The number of halogens is 1. The number of nitrogens with one attached hydrogen (secondary N) is 1. The zero-order valence-electron chi connectivity index (χ0n) is 9.91. The van der Waals surface area contributed by atoms with E-state index in [-0.39, 0.29) is 9.92 Å². The first-order valence-electron chi connectivity index (χ1n) is 5.82. The molecule has 1 aliphatic rings. The minimum atomic E-state index is -3.65. The van der Waals surface area contributed by atoms with Crippen molar-refractivity contribution in [1.29, 1.82) is 0 Å². The van der Waals surface area contributed by atoms with Gasteiger partial charge in [-0.3, -0.25) is 9.40 Å². The van der Waals surface area contributed by atoms with Gasteiger partial charge in [0.25, 0.3) is 10.0 Å². The molecule has 8 heteroatoms. The highest BCUT2D eigenvalue weighted by atomic mass is 35.5. The van der Waals surface area contributed by atoms with Crippen molar-refractivity contribution >= 4 is 38.8 Å². The fraction of sp³-hybridized carbons (Fsp3) is 0.364. The normalized spacial score (nSPS) is 15.6. The van der Waals surface area contributed by atoms with Crippen LogP contribution in [0.15, 0.2) is 27.9 Å². The van der Waals surface area contributed by atoms with Gasteiger partial charge in [-0.05, 0) is 18.8 Å². The summed E-state index contributed by atoms with van der Waals surface area (Å²) in [5.41, 5.74) is 0. The van der Waals surface area contributed by atoms with Gasteiger partial charge in [-0.15, -0.1) is 11.3 Å². The average Bonchev–Trinajstić information content (AvgIpc) is 2.85. The van der Waals surface area contributed by atoms with Gasteiger partial charge in [0.15, 0.2) is 5.82 Å². The van der Waals surface area contributed by atoms with Crippen molar-refractivity contribution in [2.24, 2.45) is 5.92 Å². The van der Waals surface area contributed by atoms with Crippen LogP contribution in [0.25, 0.3) is 0 Å². The largest absolute Gasteiger partial charge is 0.270 e. The van der Waals surface area contributed by atoms with Gasteiger partial charge in [-0.1, -0.05) is 11.6 Å². The molecule has 0 radical (unpaired) electrons. The first-order valence-corrected chi connectivity index (χ1v) is 8.63. The maximum Gasteiger partial charge on any atom is 0.265 e. The molecule has 1 fully saturated rings. The lowest BCUT2D eigenvalue weighted by molar-refractivity contribution is 0.564. The summed E-state index contributed by atoms with van der Waals surface area (Å²) in [6.07, 6.45) is 4.24. The first-order chi connectivity index (χ1) is 9.04. The number of sulfonamides is 1. The molecule has 0 bridgehead atoms. The molecule has 102 valence electrons. The quantitative estimate of drug-likeness (QED) is 0.922. The minimum absolute atomic E-state index is 0.0934. The summed E-state index contributed by atoms with van der Waals surface area (Å²) in [5.74, 6) is 1.01. The Balaban J connectivity index is 1.76. The third kappa shape index (κ3) is 2.93. The van der Waals surface area contributed by atoms with Crippen LogP contribution in [0, 0.1) is 5.92 Å². The van der Waals surface area contributed by atoms with Gasteiger partial charge in [0.2, 0.25) is 0 Å². The molecule has 0 spiro atoms. The molecule has 0 aliphatic heterocycles. The van der Waals surface area contributed by atoms with E-state index in [1.165, 1.54) is 29.6 Å². The molecule has 3 rings (SSSR count). The van der Waals surface area contributed by atoms with Gasteiger partial charge in [-0.25, -0.2) is 8.42 Å². The smallest absolute Gasteiger partial charge is 0.265 e. The highest BCUT2D eigenvalue weighted by Crippen LogP contribution is 2.31. The van der Waals surface area contributed by atoms with E-state index >= 15 is 0 Å². The lowest BCUT2D eigenvalue weighted by Crippen LogP contribution is -2.13. The second-order valence-corrected chi connectivity index (χ2v) is 7.36. The molecule has 0 aromatic carbocycles. The van der Waals surface area contributed by atoms with Gasteiger partial charge >= 0.3 is 0 Å². The number of nitrogens with zero attached hydrogens (tertiary/aromatic N) is 2. The Labute approximate surface area is 120 Å². The summed E-state index contributed by atoms with van der Waals surface area (Å²) in [6.45, 7) is 0.848. The predicted molar refractivity (Wildman–Crippen MR) is 75.1 cm³/mol. The molecule has 1 N–H and O–H groups in total. The van der Waals surface area contributed by atoms with Crippen LogP contribution in [0.5, 0.6) is 0 Å². The van der Waals surface area contributed by atoms with Crippen LogP contribution < -0.4 is 4.72 Å². The van der Waals surface area contributed by atoms with Gasteiger partial charge in [0, 0.05) is 29.6 Å². The summed E-state index contributed by atoms with van der Waals surface area (Å²) < 4.78 is 28.4. The van der Waals surface area contributed by atoms with Crippen molar-refractivity contribution in [3.63, 3.8) is 0 Å². The van der Waals surface area contributed by atoms with E-state index in [0.29, 0.717) is 11.7 Å². The van der Waals surface area contributed by atoms with E-state index in [1.807, 2.05) is 0 Å². The number of anilines is 1. The molecule has 1 aliphatic carbocycles. The van der Waals surface area contributed by atoms with Crippen molar-refractivity contribution < 1.29 is 8.42 Å². The summed E-state index contributed by atoms with van der Waals surface area (Å²) in [4.78, 5) is 0.0934. The van der Waals surface area contributed by atoms with Crippen LogP contribution in [0.1, 0.15) is 12.8 Å². The molecule has 2 aromatic rings. The van der Waals surface area contributed by atoms with Gasteiger partial charge in [0.05, 0.1) is 5.02 Å². The van der Waals surface area contributed by atoms with E-state index in [1.54, 1.807) is 22.3 Å². The summed E-state index contributed by atoms with van der Waals surface area (Å²) in [5, 5.41) is 7.52. The second-order valence-electron chi connectivity index (χ2n) is 4.56. The highest BCUT2D eigenvalue weighted by molar-refractivity contribution is 7.93. The highest BCUT2D eigenvalue weighted by Gasteiger charge is 2.23. The third-order valence-corrected chi connectivity index (χ3v) is 5.73. The Bertz CT molecular complexity index is 688. The maximum atomic E-state index is 12.1. The number of thiophene rings is 1. The topological polar surface area (TPSA) is 64.0 Å². The van der Waals surface area contributed by atoms with E-state index in [0.717, 1.165) is 6.54 Å². The van der Waals surface area contributed by atoms with Crippen molar-refractivity contribution in [1.82, 2.24) is 9.78 Å². The fourth-order valence-corrected chi connectivity index (χ4v) is 4.44. The Kier molecular flexibility index (Phi) is 3.28. The molecule has 0 saturated heterocycles. The standard InChI is InChI=1S/C11H12ClN3O2S2/c12-9-6-18-7-10(9)19(16,17)14-11-3-4-15(13-11)5-8-1-2-8/h3-4,6-8H,1-2,5H2,(H,13,14). The van der Waals surface area contributed by atoms with Gasteiger partial charge in [0.1, 0.15) is 4.90 Å². The Hall–Kier alpha value is -1.05. The molecule has 0 amide bonds. The fourth-order valence-electron chi connectivity index (χ4n) is 1.74. The first kappa shape index (κ1) is 13.0. The van der Waals surface area contributed by atoms with Crippen molar-refractivity contribution in [2.75, 3.05) is 4.72 Å². The van der Waals surface area contributed by atoms with E-state index < -0.39 is 10.0 Å². The molecule has 2 heterocycles. The van der Waals surface area contributed by atoms with Crippen LogP contribution in [-0.2, 0) is 16.6 Å². The molecule has 0 atom stereocenters. The van der Waals surface area contributed by atoms with Crippen molar-refractivity contribution in [3.05, 3.63) is 28.0 Å². The van der Waals surface area contributed by atoms with Crippen LogP contribution in [0.3, 0.4) is 0 Å². The number of aromatic nitrogens is 2. The van der Waals surface area contributed by atoms with Crippen LogP contribution >= 0.6 is 22.9 Å². The zero-order chi connectivity index (χ0) is 13.5. The Morgan fingerprint density at radius 2 is 2.26 bits per heavy atom. The monoisotopic (exact) mass is 317 g/mol. The van der Waals surface area contributed by atoms with E-state index in [4.69, 9.17) is 11.6 Å². The van der Waals surface area contributed by atoms with Gasteiger partial charge < -0.3 is 0 Å². The van der Waals surface area contributed by atoms with Crippen LogP contribution in [-0.4, -0.2) is 18.2 Å². The van der Waals surface area contributed by atoms with Crippen molar-refractivity contribution in [2.45, 2.75) is 24.3 Å². The minimum Gasteiger partial charge on any atom is -0.270 e. The van der Waals surface area contributed by atoms with Crippen LogP contribution in [0.4, 0.5) is 5.82 Å². The van der Waals surface area contributed by atoms with Crippen molar-refractivity contribution in [3.8, 4) is 0 Å². The molecule has 0 unspecified atom stereocenters. The predicted octanol–water partition coefficient (Wildman–Crippen LogP) is 2.81. The lowest BCUT2D eigenvalue weighted by Gasteiger charge is -2.04. The Morgan fingerprint density at radius 3 is 2.89 bits per heavy atom.